The van der Waals surface area contributed by atoms with E-state index < -0.39 is 0 Å². The number of piperidine rings is 1. The fourth-order valence-electron chi connectivity index (χ4n) is 2.69. The molecule has 1 saturated heterocycles. The third kappa shape index (κ3) is 8.47. The third-order valence-electron chi connectivity index (χ3n) is 4.51. The maximum absolute atomic E-state index is 12.0. The van der Waals surface area contributed by atoms with Crippen molar-refractivity contribution < 1.29 is 19.1 Å². The van der Waals surface area contributed by atoms with E-state index >= 15 is 0 Å². The molecule has 1 aliphatic heterocycles. The first-order valence-electron chi connectivity index (χ1n) is 9.00. The van der Waals surface area contributed by atoms with E-state index in [-0.39, 0.29) is 17.6 Å². The lowest BCUT2D eigenvalue weighted by molar-refractivity contribution is -0.134. The van der Waals surface area contributed by atoms with Crippen LogP contribution in [0.15, 0.2) is 0 Å². The van der Waals surface area contributed by atoms with Crippen molar-refractivity contribution in [3.63, 3.8) is 0 Å². The lowest BCUT2D eigenvalue weighted by atomic mass is 9.94. The number of ether oxygens (including phenoxy) is 2. The van der Waals surface area contributed by atoms with Gasteiger partial charge in [0.05, 0.1) is 32.8 Å². The first-order valence-corrected chi connectivity index (χ1v) is 9.00. The Bertz CT molecular complexity index is 349. The monoisotopic (exact) mass is 327 g/mol. The molecule has 0 atom stereocenters. The molecule has 0 bridgehead atoms. The van der Waals surface area contributed by atoms with Gasteiger partial charge in [0.1, 0.15) is 5.78 Å². The summed E-state index contributed by atoms with van der Waals surface area (Å²) in [6.45, 7) is 9.64. The normalized spacial score (nSPS) is 16.1. The van der Waals surface area contributed by atoms with E-state index in [9.17, 15) is 9.59 Å². The molecule has 0 saturated carbocycles. The second-order valence-corrected chi connectivity index (χ2v) is 6.58. The summed E-state index contributed by atoms with van der Waals surface area (Å²) in [6.07, 6.45) is 4.39. The van der Waals surface area contributed by atoms with Crippen LogP contribution in [0.2, 0.25) is 0 Å². The van der Waals surface area contributed by atoms with Crippen molar-refractivity contribution in [3.05, 3.63) is 0 Å². The first-order chi connectivity index (χ1) is 11.0. The van der Waals surface area contributed by atoms with Crippen LogP contribution < -0.4 is 0 Å². The number of hydrogen-bond donors (Lipinski definition) is 0. The van der Waals surface area contributed by atoms with Crippen molar-refractivity contribution in [2.45, 2.75) is 52.9 Å². The van der Waals surface area contributed by atoms with Crippen LogP contribution in [0.4, 0.5) is 0 Å². The number of amides is 1. The van der Waals surface area contributed by atoms with Crippen molar-refractivity contribution >= 4 is 11.7 Å². The van der Waals surface area contributed by atoms with Gasteiger partial charge < -0.3 is 14.4 Å². The van der Waals surface area contributed by atoms with Gasteiger partial charge in [-0.05, 0) is 18.8 Å². The van der Waals surface area contributed by atoms with Crippen LogP contribution >= 0.6 is 0 Å². The highest BCUT2D eigenvalue weighted by Gasteiger charge is 2.21. The zero-order chi connectivity index (χ0) is 17.1. The molecule has 1 fully saturated rings. The quantitative estimate of drug-likeness (QED) is 0.548. The Morgan fingerprint density at radius 2 is 1.57 bits per heavy atom. The summed E-state index contributed by atoms with van der Waals surface area (Å²) in [6, 6.07) is 0. The highest BCUT2D eigenvalue weighted by Crippen LogP contribution is 2.20. The summed E-state index contributed by atoms with van der Waals surface area (Å²) in [5.41, 5.74) is 0. The van der Waals surface area contributed by atoms with Gasteiger partial charge in [-0.25, -0.2) is 0 Å². The number of nitrogens with zero attached hydrogens (tertiary/aromatic N) is 1. The maximum atomic E-state index is 12.0. The summed E-state index contributed by atoms with van der Waals surface area (Å²) >= 11 is 0. The fraction of sp³-hybridized carbons (Fsp3) is 0.889. The smallest absolute Gasteiger partial charge is 0.224 e. The Morgan fingerprint density at radius 3 is 2.09 bits per heavy atom. The Labute approximate surface area is 140 Å². The average Bonchev–Trinajstić information content (AvgIpc) is 2.56. The molecule has 5 heteroatoms. The molecule has 23 heavy (non-hydrogen) atoms. The number of ketones is 1. The summed E-state index contributed by atoms with van der Waals surface area (Å²) in [7, 11) is 0. The molecule has 134 valence electrons. The van der Waals surface area contributed by atoms with Gasteiger partial charge in [0.25, 0.3) is 0 Å². The Balaban J connectivity index is 1.95. The van der Waals surface area contributed by atoms with Crippen molar-refractivity contribution in [2.75, 3.05) is 39.5 Å². The van der Waals surface area contributed by atoms with Gasteiger partial charge in [-0.2, -0.15) is 0 Å². The second-order valence-electron chi connectivity index (χ2n) is 6.58. The molecule has 0 aromatic rings. The lowest BCUT2D eigenvalue weighted by Gasteiger charge is -2.31. The first kappa shape index (κ1) is 20.1. The van der Waals surface area contributed by atoms with Crippen molar-refractivity contribution in [3.8, 4) is 0 Å². The highest BCUT2D eigenvalue weighted by atomic mass is 16.5. The Kier molecular flexibility index (Phi) is 10.1. The van der Waals surface area contributed by atoms with E-state index in [1.54, 1.807) is 0 Å². The fourth-order valence-corrected chi connectivity index (χ4v) is 2.69. The molecule has 0 radical (unpaired) electrons. The maximum Gasteiger partial charge on any atom is 0.224 e. The van der Waals surface area contributed by atoms with Gasteiger partial charge in [-0.15, -0.1) is 0 Å². The predicted octanol–water partition coefficient (Wildman–Crippen LogP) is 2.67. The van der Waals surface area contributed by atoms with Gasteiger partial charge in [-0.3, -0.25) is 9.59 Å². The minimum atomic E-state index is 0.0725. The van der Waals surface area contributed by atoms with Gasteiger partial charge >= 0.3 is 0 Å². The van der Waals surface area contributed by atoms with Gasteiger partial charge in [0.2, 0.25) is 5.91 Å². The van der Waals surface area contributed by atoms with E-state index in [0.717, 1.165) is 31.8 Å². The van der Waals surface area contributed by atoms with E-state index in [1.165, 1.54) is 6.42 Å². The molecule has 0 aromatic heterocycles. The van der Waals surface area contributed by atoms with Crippen LogP contribution in [-0.2, 0) is 19.1 Å². The third-order valence-corrected chi connectivity index (χ3v) is 4.51. The summed E-state index contributed by atoms with van der Waals surface area (Å²) < 4.78 is 10.8. The summed E-state index contributed by atoms with van der Waals surface area (Å²) in [5.74, 6) is 1.28. The van der Waals surface area contributed by atoms with E-state index in [0.29, 0.717) is 39.3 Å². The van der Waals surface area contributed by atoms with Gasteiger partial charge in [0, 0.05) is 25.4 Å². The number of rotatable bonds is 11. The molecule has 5 nitrogen and oxygen atoms in total. The van der Waals surface area contributed by atoms with E-state index in [4.69, 9.17) is 9.47 Å². The van der Waals surface area contributed by atoms with E-state index in [2.05, 4.69) is 6.92 Å². The number of hydrogen-bond acceptors (Lipinski definition) is 4. The number of Topliss-reactive ketones (excluding diaryl/α,β-unsaturated/α-hetero) is 1. The highest BCUT2D eigenvalue weighted by molar-refractivity contribution is 5.80. The SMILES string of the molecule is CCC1CCN(C(=O)CCOCCOCCC(=O)C(C)C)CC1. The van der Waals surface area contributed by atoms with Crippen LogP contribution in [0.5, 0.6) is 0 Å². The minimum Gasteiger partial charge on any atom is -0.379 e. The topological polar surface area (TPSA) is 55.8 Å². The zero-order valence-corrected chi connectivity index (χ0v) is 15.0. The lowest BCUT2D eigenvalue weighted by Crippen LogP contribution is -2.38. The molecule has 1 aliphatic rings. The second kappa shape index (κ2) is 11.6. The molecule has 0 aromatic carbocycles. The minimum absolute atomic E-state index is 0.0725. The predicted molar refractivity (Wildman–Crippen MR) is 90.3 cm³/mol. The summed E-state index contributed by atoms with van der Waals surface area (Å²) in [5, 5.41) is 0. The Morgan fingerprint density at radius 1 is 1.00 bits per heavy atom. The molecular weight excluding hydrogens is 294 g/mol. The number of likely N-dealkylation sites (tertiary alicyclic amines) is 1. The molecule has 1 amide bonds. The molecule has 0 unspecified atom stereocenters. The molecule has 1 heterocycles. The van der Waals surface area contributed by atoms with Crippen molar-refractivity contribution in [1.82, 2.24) is 4.90 Å². The number of carbonyl (C=O) groups excluding carboxylic acids is 2. The van der Waals surface area contributed by atoms with Crippen molar-refractivity contribution in [1.29, 1.82) is 0 Å². The zero-order valence-electron chi connectivity index (χ0n) is 15.0. The van der Waals surface area contributed by atoms with Crippen LogP contribution in [0.3, 0.4) is 0 Å². The van der Waals surface area contributed by atoms with Crippen LogP contribution in [-0.4, -0.2) is 56.1 Å². The number of carbonyl (C=O) groups is 2. The van der Waals surface area contributed by atoms with Crippen LogP contribution in [0.25, 0.3) is 0 Å². The average molecular weight is 327 g/mol. The van der Waals surface area contributed by atoms with Crippen LogP contribution in [0, 0.1) is 11.8 Å². The molecule has 0 N–H and O–H groups in total. The summed E-state index contributed by atoms with van der Waals surface area (Å²) in [4.78, 5) is 25.4. The largest absolute Gasteiger partial charge is 0.379 e. The van der Waals surface area contributed by atoms with Crippen LogP contribution in [0.1, 0.15) is 52.9 Å². The van der Waals surface area contributed by atoms with Gasteiger partial charge in [-0.1, -0.05) is 27.2 Å². The molecule has 0 aliphatic carbocycles. The van der Waals surface area contributed by atoms with Gasteiger partial charge in [0.15, 0.2) is 0 Å². The molecule has 1 rings (SSSR count). The standard InChI is InChI=1S/C18H33NO4/c1-4-16-5-9-19(10-6-16)18(21)8-12-23-14-13-22-11-7-17(20)15(2)3/h15-16H,4-14H2,1-3H3. The molecule has 0 spiro atoms. The molecular formula is C18H33NO4. The Hall–Kier alpha value is -0.940. The van der Waals surface area contributed by atoms with Crippen molar-refractivity contribution in [2.24, 2.45) is 11.8 Å². The van der Waals surface area contributed by atoms with E-state index in [1.807, 2.05) is 18.7 Å².